The second kappa shape index (κ2) is 4.43. The Bertz CT molecular complexity index is 530. The van der Waals surface area contributed by atoms with E-state index in [2.05, 4.69) is 20.3 Å². The molecule has 0 saturated carbocycles. The lowest BCUT2D eigenvalue weighted by Crippen LogP contribution is -2.26. The van der Waals surface area contributed by atoms with Crippen LogP contribution in [-0.2, 0) is 6.54 Å². The Balaban J connectivity index is 2.01. The molecule has 0 atom stereocenters. The third kappa shape index (κ3) is 2.35. The molecule has 0 aliphatic heterocycles. The lowest BCUT2D eigenvalue weighted by Gasteiger charge is -2.02. The minimum Gasteiger partial charge on any atom is -0.347 e. The van der Waals surface area contributed by atoms with Gasteiger partial charge in [0.05, 0.1) is 6.54 Å². The fourth-order valence-corrected chi connectivity index (χ4v) is 1.23. The fraction of sp³-hybridized carbons (Fsp3) is 0.100. The molecule has 0 saturated heterocycles. The zero-order chi connectivity index (χ0) is 11.4. The van der Waals surface area contributed by atoms with E-state index in [1.54, 1.807) is 18.5 Å². The van der Waals surface area contributed by atoms with Crippen LogP contribution in [0.25, 0.3) is 0 Å². The highest BCUT2D eigenvalue weighted by atomic mass is 16.2. The Kier molecular flexibility index (Phi) is 2.81. The van der Waals surface area contributed by atoms with Crippen molar-refractivity contribution in [1.29, 1.82) is 0 Å². The van der Waals surface area contributed by atoms with Crippen molar-refractivity contribution in [3.63, 3.8) is 0 Å². The zero-order valence-corrected chi connectivity index (χ0v) is 8.36. The third-order valence-corrected chi connectivity index (χ3v) is 1.98. The third-order valence-electron chi connectivity index (χ3n) is 1.98. The van der Waals surface area contributed by atoms with Gasteiger partial charge < -0.3 is 15.3 Å². The summed E-state index contributed by atoms with van der Waals surface area (Å²) in [5.41, 5.74) is -0.0651. The molecule has 0 aliphatic carbocycles. The van der Waals surface area contributed by atoms with Crippen LogP contribution in [0.5, 0.6) is 0 Å². The molecule has 0 unspecified atom stereocenters. The van der Waals surface area contributed by atoms with Crippen LogP contribution in [0.1, 0.15) is 16.3 Å². The summed E-state index contributed by atoms with van der Waals surface area (Å²) >= 11 is 0. The molecule has 3 N–H and O–H groups in total. The summed E-state index contributed by atoms with van der Waals surface area (Å²) in [4.78, 5) is 31.8. The molecule has 0 fully saturated rings. The van der Waals surface area contributed by atoms with E-state index in [-0.39, 0.29) is 17.2 Å². The van der Waals surface area contributed by atoms with Crippen LogP contribution in [0, 0.1) is 0 Å². The van der Waals surface area contributed by atoms with Gasteiger partial charge in [0.1, 0.15) is 11.5 Å². The number of pyridine rings is 1. The number of hydrogen-bond donors (Lipinski definition) is 3. The molecule has 2 rings (SSSR count). The van der Waals surface area contributed by atoms with Crippen molar-refractivity contribution in [1.82, 2.24) is 20.3 Å². The van der Waals surface area contributed by atoms with Gasteiger partial charge >= 0.3 is 0 Å². The summed E-state index contributed by atoms with van der Waals surface area (Å²) in [7, 11) is 0. The van der Waals surface area contributed by atoms with E-state index in [0.717, 1.165) is 0 Å². The van der Waals surface area contributed by atoms with Crippen molar-refractivity contribution in [3.05, 3.63) is 52.5 Å². The summed E-state index contributed by atoms with van der Waals surface area (Å²) in [6.45, 7) is 0.294. The molecule has 82 valence electrons. The topological polar surface area (TPSA) is 90.6 Å². The molecule has 0 radical (unpaired) electrons. The molecule has 0 aromatic carbocycles. The molecule has 2 aromatic rings. The molecule has 16 heavy (non-hydrogen) atoms. The first kappa shape index (κ1) is 10.2. The first-order valence-corrected chi connectivity index (χ1v) is 4.71. The van der Waals surface area contributed by atoms with E-state index < -0.39 is 0 Å². The Morgan fingerprint density at radius 3 is 3.00 bits per heavy atom. The van der Waals surface area contributed by atoms with Crippen molar-refractivity contribution in [2.75, 3.05) is 0 Å². The summed E-state index contributed by atoms with van der Waals surface area (Å²) < 4.78 is 0. The first-order chi connectivity index (χ1) is 7.75. The molecule has 2 aromatic heterocycles. The van der Waals surface area contributed by atoms with Crippen molar-refractivity contribution >= 4 is 5.91 Å². The predicted octanol–water partition coefficient (Wildman–Crippen LogP) is 0.0280. The van der Waals surface area contributed by atoms with Gasteiger partial charge in [0.2, 0.25) is 5.56 Å². The van der Waals surface area contributed by atoms with Crippen LogP contribution in [0.15, 0.2) is 35.4 Å². The number of amides is 1. The second-order valence-electron chi connectivity index (χ2n) is 3.15. The van der Waals surface area contributed by atoms with Crippen LogP contribution in [0.3, 0.4) is 0 Å². The first-order valence-electron chi connectivity index (χ1n) is 4.71. The SMILES string of the molecule is O=C(NCc1ncc[nH]1)c1cccc(=O)[nH]1. The van der Waals surface area contributed by atoms with Crippen molar-refractivity contribution in [2.24, 2.45) is 0 Å². The number of carbonyl (C=O) groups excluding carboxylic acids is 1. The Morgan fingerprint density at radius 1 is 1.44 bits per heavy atom. The van der Waals surface area contributed by atoms with Crippen LogP contribution in [-0.4, -0.2) is 20.9 Å². The lowest BCUT2D eigenvalue weighted by molar-refractivity contribution is 0.0944. The quantitative estimate of drug-likeness (QED) is 0.678. The largest absolute Gasteiger partial charge is 0.347 e. The number of nitrogens with one attached hydrogen (secondary N) is 3. The molecule has 0 aliphatic rings. The van der Waals surface area contributed by atoms with Gasteiger partial charge in [-0.25, -0.2) is 4.98 Å². The summed E-state index contributed by atoms with van der Waals surface area (Å²) in [5.74, 6) is 0.320. The number of aromatic amines is 2. The molecule has 2 heterocycles. The number of carbonyl (C=O) groups is 1. The van der Waals surface area contributed by atoms with Crippen molar-refractivity contribution < 1.29 is 4.79 Å². The number of rotatable bonds is 3. The average Bonchev–Trinajstić information content (AvgIpc) is 2.78. The maximum atomic E-state index is 11.6. The smallest absolute Gasteiger partial charge is 0.268 e. The maximum Gasteiger partial charge on any atom is 0.268 e. The number of nitrogens with zero attached hydrogens (tertiary/aromatic N) is 1. The molecule has 0 spiro atoms. The summed E-state index contributed by atoms with van der Waals surface area (Å²) in [6.07, 6.45) is 3.28. The molecular weight excluding hydrogens is 208 g/mol. The molecule has 1 amide bonds. The lowest BCUT2D eigenvalue weighted by atomic mass is 10.3. The van der Waals surface area contributed by atoms with E-state index in [9.17, 15) is 9.59 Å². The Morgan fingerprint density at radius 2 is 2.31 bits per heavy atom. The zero-order valence-electron chi connectivity index (χ0n) is 8.36. The molecular formula is C10H10N4O2. The van der Waals surface area contributed by atoms with Gasteiger partial charge in [-0.15, -0.1) is 0 Å². The fourth-order valence-electron chi connectivity index (χ4n) is 1.23. The van der Waals surface area contributed by atoms with E-state index in [1.807, 2.05) is 0 Å². The van der Waals surface area contributed by atoms with E-state index in [0.29, 0.717) is 12.4 Å². The standard InChI is InChI=1S/C10H10N4O2/c15-9-3-1-2-7(14-9)10(16)13-6-8-11-4-5-12-8/h1-5H,6H2,(H,11,12)(H,13,16)(H,14,15). The van der Waals surface area contributed by atoms with Gasteiger partial charge in [0.25, 0.3) is 5.91 Å². The molecule has 0 bridgehead atoms. The van der Waals surface area contributed by atoms with E-state index in [4.69, 9.17) is 0 Å². The maximum absolute atomic E-state index is 11.6. The predicted molar refractivity (Wildman–Crippen MR) is 56.8 cm³/mol. The van der Waals surface area contributed by atoms with Crippen molar-refractivity contribution in [2.45, 2.75) is 6.54 Å². The summed E-state index contributed by atoms with van der Waals surface area (Å²) in [5, 5.41) is 2.63. The van der Waals surface area contributed by atoms with Crippen LogP contribution < -0.4 is 10.9 Å². The van der Waals surface area contributed by atoms with E-state index in [1.165, 1.54) is 12.1 Å². The Hall–Kier alpha value is -2.37. The van der Waals surface area contributed by atoms with Crippen LogP contribution in [0.2, 0.25) is 0 Å². The van der Waals surface area contributed by atoms with Crippen LogP contribution in [0.4, 0.5) is 0 Å². The van der Waals surface area contributed by atoms with Gasteiger partial charge in [-0.2, -0.15) is 0 Å². The van der Waals surface area contributed by atoms with Crippen molar-refractivity contribution in [3.8, 4) is 0 Å². The Labute approximate surface area is 90.7 Å². The average molecular weight is 218 g/mol. The minimum atomic E-state index is -0.339. The normalized spacial score (nSPS) is 10.0. The highest BCUT2D eigenvalue weighted by Crippen LogP contribution is 1.92. The number of H-pyrrole nitrogens is 2. The highest BCUT2D eigenvalue weighted by molar-refractivity contribution is 5.91. The number of imidazole rings is 1. The van der Waals surface area contributed by atoms with Gasteiger partial charge in [0.15, 0.2) is 0 Å². The molecule has 6 nitrogen and oxygen atoms in total. The highest BCUT2D eigenvalue weighted by Gasteiger charge is 2.05. The molecule has 6 heteroatoms. The summed E-state index contributed by atoms with van der Waals surface area (Å²) in [6, 6.07) is 4.42. The second-order valence-corrected chi connectivity index (χ2v) is 3.15. The van der Waals surface area contributed by atoms with Gasteiger partial charge in [-0.05, 0) is 6.07 Å². The van der Waals surface area contributed by atoms with Gasteiger partial charge in [0, 0.05) is 18.5 Å². The van der Waals surface area contributed by atoms with Gasteiger partial charge in [-0.3, -0.25) is 9.59 Å². The minimum absolute atomic E-state index is 0.235. The number of hydrogen-bond acceptors (Lipinski definition) is 3. The number of aromatic nitrogens is 3. The van der Waals surface area contributed by atoms with Gasteiger partial charge in [-0.1, -0.05) is 6.07 Å². The van der Waals surface area contributed by atoms with E-state index >= 15 is 0 Å². The monoisotopic (exact) mass is 218 g/mol. The van der Waals surface area contributed by atoms with Crippen LogP contribution >= 0.6 is 0 Å².